The van der Waals surface area contributed by atoms with Crippen molar-refractivity contribution in [1.82, 2.24) is 9.29 Å². The van der Waals surface area contributed by atoms with E-state index in [-0.39, 0.29) is 16.6 Å². The first-order chi connectivity index (χ1) is 13.3. The van der Waals surface area contributed by atoms with E-state index in [1.165, 1.54) is 23.5 Å². The summed E-state index contributed by atoms with van der Waals surface area (Å²) >= 11 is 1.00. The third-order valence-corrected chi connectivity index (χ3v) is 7.48. The number of hydrogen-bond acceptors (Lipinski definition) is 7. The smallest absolute Gasteiger partial charge is 0.350 e. The average Bonchev–Trinajstić information content (AvgIpc) is 3.08. The molecule has 0 spiro atoms. The van der Waals surface area contributed by atoms with Gasteiger partial charge >= 0.3 is 5.97 Å². The van der Waals surface area contributed by atoms with Crippen molar-refractivity contribution in [3.63, 3.8) is 0 Å². The Labute approximate surface area is 167 Å². The molecule has 1 atom stereocenters. The van der Waals surface area contributed by atoms with Gasteiger partial charge in [-0.2, -0.15) is 4.31 Å². The first-order valence-electron chi connectivity index (χ1n) is 8.78. The minimum absolute atomic E-state index is 0.160. The molecule has 1 aliphatic rings. The number of carbonyl (C=O) groups excluding carboxylic acids is 2. The highest BCUT2D eigenvalue weighted by Crippen LogP contribution is 2.28. The van der Waals surface area contributed by atoms with E-state index >= 15 is 0 Å². The van der Waals surface area contributed by atoms with E-state index < -0.39 is 27.9 Å². The summed E-state index contributed by atoms with van der Waals surface area (Å²) in [6.07, 6.45) is 1.87. The van der Waals surface area contributed by atoms with Gasteiger partial charge in [0.25, 0.3) is 0 Å². The fourth-order valence-electron chi connectivity index (χ4n) is 3.10. The van der Waals surface area contributed by atoms with Crippen LogP contribution in [-0.2, 0) is 19.6 Å². The largest absolute Gasteiger partial charge is 0.465 e. The Balaban J connectivity index is 1.83. The number of esters is 1. The van der Waals surface area contributed by atoms with E-state index in [2.05, 4.69) is 10.3 Å². The van der Waals surface area contributed by atoms with Gasteiger partial charge in [-0.1, -0.05) is 36.0 Å². The lowest BCUT2D eigenvalue weighted by molar-refractivity contribution is -0.120. The van der Waals surface area contributed by atoms with Gasteiger partial charge in [0.2, 0.25) is 15.9 Å². The first kappa shape index (κ1) is 20.4. The molecule has 0 radical (unpaired) electrons. The van der Waals surface area contributed by atoms with Gasteiger partial charge in [0, 0.05) is 6.54 Å². The molecule has 1 fully saturated rings. The second kappa shape index (κ2) is 8.38. The van der Waals surface area contributed by atoms with Crippen molar-refractivity contribution in [3.8, 4) is 0 Å². The number of hydrogen-bond donors (Lipinski definition) is 1. The Morgan fingerprint density at radius 3 is 2.64 bits per heavy atom. The van der Waals surface area contributed by atoms with E-state index in [1.807, 2.05) is 0 Å². The van der Waals surface area contributed by atoms with Crippen molar-refractivity contribution in [2.75, 3.05) is 19.0 Å². The van der Waals surface area contributed by atoms with E-state index in [0.717, 1.165) is 17.8 Å². The fourth-order valence-corrected chi connectivity index (χ4v) is 5.67. The second-order valence-corrected chi connectivity index (χ2v) is 9.24. The third-order valence-electron chi connectivity index (χ3n) is 4.50. The maximum Gasteiger partial charge on any atom is 0.350 e. The molecule has 1 N–H and O–H groups in total. The van der Waals surface area contributed by atoms with Gasteiger partial charge in [0.1, 0.15) is 10.9 Å². The van der Waals surface area contributed by atoms with Crippen molar-refractivity contribution < 1.29 is 22.7 Å². The zero-order valence-electron chi connectivity index (χ0n) is 15.5. The second-order valence-electron chi connectivity index (χ2n) is 6.35. The molecular formula is C18H21N3O5S2. The number of nitrogens with zero attached hydrogens (tertiary/aromatic N) is 2. The molecule has 28 heavy (non-hydrogen) atoms. The molecule has 1 saturated heterocycles. The van der Waals surface area contributed by atoms with Crippen molar-refractivity contribution in [1.29, 1.82) is 0 Å². The van der Waals surface area contributed by atoms with Crippen LogP contribution < -0.4 is 5.32 Å². The Bertz CT molecular complexity index is 972. The predicted molar refractivity (Wildman–Crippen MR) is 105 cm³/mol. The van der Waals surface area contributed by atoms with Crippen LogP contribution in [0.15, 0.2) is 35.2 Å². The zero-order valence-corrected chi connectivity index (χ0v) is 17.2. The summed E-state index contributed by atoms with van der Waals surface area (Å²) in [5.41, 5.74) is 0.449. The number of ether oxygens (including phenoxy) is 1. The van der Waals surface area contributed by atoms with Gasteiger partial charge in [-0.15, -0.1) is 0 Å². The van der Waals surface area contributed by atoms with Crippen molar-refractivity contribution >= 4 is 38.4 Å². The molecule has 3 rings (SSSR count). The predicted octanol–water partition coefficient (Wildman–Crippen LogP) is 2.42. The molecule has 0 bridgehead atoms. The normalized spacial score (nSPS) is 17.9. The van der Waals surface area contributed by atoms with Gasteiger partial charge in [-0.25, -0.2) is 18.2 Å². The molecule has 1 amide bonds. The molecule has 1 aromatic heterocycles. The Kier molecular flexibility index (Phi) is 6.11. The third kappa shape index (κ3) is 4.08. The van der Waals surface area contributed by atoms with Gasteiger partial charge in [0.15, 0.2) is 5.13 Å². The molecule has 1 aromatic carbocycles. The van der Waals surface area contributed by atoms with Gasteiger partial charge in [0.05, 0.1) is 17.7 Å². The summed E-state index contributed by atoms with van der Waals surface area (Å²) in [4.78, 5) is 29.2. The molecule has 1 unspecified atom stereocenters. The van der Waals surface area contributed by atoms with Gasteiger partial charge < -0.3 is 10.1 Å². The minimum atomic E-state index is -3.79. The Hall–Kier alpha value is -2.30. The molecule has 10 heteroatoms. The lowest BCUT2D eigenvalue weighted by Gasteiger charge is -2.33. The summed E-state index contributed by atoms with van der Waals surface area (Å²) < 4.78 is 32.0. The molecule has 0 saturated carbocycles. The van der Waals surface area contributed by atoms with Crippen LogP contribution in [0, 0.1) is 6.92 Å². The highest BCUT2D eigenvalue weighted by molar-refractivity contribution is 7.89. The van der Waals surface area contributed by atoms with Crippen LogP contribution in [0.2, 0.25) is 0 Å². The molecule has 8 nitrogen and oxygen atoms in total. The quantitative estimate of drug-likeness (QED) is 0.741. The van der Waals surface area contributed by atoms with Gasteiger partial charge in [-0.05, 0) is 31.9 Å². The zero-order chi connectivity index (χ0) is 20.3. The van der Waals surface area contributed by atoms with Crippen LogP contribution in [0.25, 0.3) is 0 Å². The molecule has 1 aliphatic heterocycles. The molecule has 0 aliphatic carbocycles. The van der Waals surface area contributed by atoms with Crippen LogP contribution in [-0.4, -0.2) is 49.3 Å². The number of carbonyl (C=O) groups is 2. The van der Waals surface area contributed by atoms with Crippen LogP contribution in [0.3, 0.4) is 0 Å². The SMILES string of the molecule is COC(=O)c1sc(NC(=O)C2CCCCN2S(=O)(=O)c2ccccc2)nc1C. The van der Waals surface area contributed by atoms with Crippen molar-refractivity contribution in [2.24, 2.45) is 0 Å². The molecule has 2 aromatic rings. The number of piperidine rings is 1. The Morgan fingerprint density at radius 2 is 1.96 bits per heavy atom. The van der Waals surface area contributed by atoms with E-state index in [9.17, 15) is 18.0 Å². The highest BCUT2D eigenvalue weighted by Gasteiger charge is 2.38. The van der Waals surface area contributed by atoms with Crippen LogP contribution in [0.1, 0.15) is 34.6 Å². The number of sulfonamides is 1. The summed E-state index contributed by atoms with van der Waals surface area (Å²) in [5.74, 6) is -0.981. The van der Waals surface area contributed by atoms with Crippen LogP contribution in [0.5, 0.6) is 0 Å². The maximum absolute atomic E-state index is 13.0. The number of methoxy groups -OCH3 is 1. The summed E-state index contributed by atoms with van der Waals surface area (Å²) in [6.45, 7) is 1.92. The molecule has 2 heterocycles. The highest BCUT2D eigenvalue weighted by atomic mass is 32.2. The lowest BCUT2D eigenvalue weighted by atomic mass is 10.0. The van der Waals surface area contributed by atoms with E-state index in [0.29, 0.717) is 23.4 Å². The number of aromatic nitrogens is 1. The average molecular weight is 424 g/mol. The van der Waals surface area contributed by atoms with E-state index in [4.69, 9.17) is 4.74 Å². The summed E-state index contributed by atoms with van der Waals surface area (Å²) in [7, 11) is -2.52. The number of benzene rings is 1. The number of rotatable bonds is 5. The topological polar surface area (TPSA) is 106 Å². The lowest BCUT2D eigenvalue weighted by Crippen LogP contribution is -2.49. The molecular weight excluding hydrogens is 402 g/mol. The van der Waals surface area contributed by atoms with Crippen LogP contribution in [0.4, 0.5) is 5.13 Å². The Morgan fingerprint density at radius 1 is 1.25 bits per heavy atom. The van der Waals surface area contributed by atoms with Gasteiger partial charge in [-0.3, -0.25) is 4.79 Å². The van der Waals surface area contributed by atoms with Crippen molar-refractivity contribution in [2.45, 2.75) is 37.1 Å². The number of anilines is 1. The monoisotopic (exact) mass is 423 g/mol. The first-order valence-corrected chi connectivity index (χ1v) is 11.0. The minimum Gasteiger partial charge on any atom is -0.465 e. The summed E-state index contributed by atoms with van der Waals surface area (Å²) in [6, 6.07) is 7.25. The van der Waals surface area contributed by atoms with Crippen LogP contribution >= 0.6 is 11.3 Å². The number of nitrogens with one attached hydrogen (secondary N) is 1. The number of thiazole rings is 1. The standard InChI is InChI=1S/C18H21N3O5S2/c1-12-15(17(23)26-2)27-18(19-12)20-16(22)14-10-6-7-11-21(14)28(24,25)13-8-4-3-5-9-13/h3-5,8-9,14H,6-7,10-11H2,1-2H3,(H,19,20,22). The molecule has 150 valence electrons. The number of aryl methyl sites for hydroxylation is 1. The summed E-state index contributed by atoms with van der Waals surface area (Å²) in [5, 5.41) is 2.90. The fraction of sp³-hybridized carbons (Fsp3) is 0.389. The van der Waals surface area contributed by atoms with Crippen molar-refractivity contribution in [3.05, 3.63) is 40.9 Å². The number of amides is 1. The maximum atomic E-state index is 13.0. The van der Waals surface area contributed by atoms with E-state index in [1.54, 1.807) is 25.1 Å².